The number of anilines is 1. The van der Waals surface area contributed by atoms with Crippen molar-refractivity contribution in [1.82, 2.24) is 10.2 Å². The van der Waals surface area contributed by atoms with Crippen molar-refractivity contribution in [1.29, 1.82) is 0 Å². The van der Waals surface area contributed by atoms with E-state index in [1.807, 2.05) is 13.8 Å². The Balaban J connectivity index is 2.41. The molecule has 1 N–H and O–H groups in total. The van der Waals surface area contributed by atoms with Crippen LogP contribution in [0.4, 0.5) is 5.69 Å². The van der Waals surface area contributed by atoms with Crippen molar-refractivity contribution in [3.8, 4) is 0 Å². The van der Waals surface area contributed by atoms with Gasteiger partial charge in [0, 0.05) is 22.6 Å². The normalized spacial score (nSPS) is 13.1. The monoisotopic (exact) mass is 547 g/mol. The van der Waals surface area contributed by atoms with E-state index in [0.29, 0.717) is 10.0 Å². The van der Waals surface area contributed by atoms with Gasteiger partial charge >= 0.3 is 0 Å². The molecule has 0 bridgehead atoms. The fourth-order valence-electron chi connectivity index (χ4n) is 3.11. The average molecular weight is 549 g/mol. The number of benzene rings is 2. The number of hydrogen-bond donors (Lipinski definition) is 1. The molecule has 0 radical (unpaired) electrons. The molecule has 0 fully saturated rings. The van der Waals surface area contributed by atoms with Crippen molar-refractivity contribution in [2.24, 2.45) is 0 Å². The van der Waals surface area contributed by atoms with Gasteiger partial charge in [0.05, 0.1) is 17.0 Å². The first-order valence-corrected chi connectivity index (χ1v) is 13.6. The molecule has 2 rings (SSSR count). The van der Waals surface area contributed by atoms with Gasteiger partial charge in [0.2, 0.25) is 21.8 Å². The molecule has 34 heavy (non-hydrogen) atoms. The second-order valence-electron chi connectivity index (χ2n) is 8.01. The number of sulfonamides is 1. The van der Waals surface area contributed by atoms with E-state index in [-0.39, 0.29) is 29.2 Å². The van der Waals surface area contributed by atoms with Crippen LogP contribution in [0.3, 0.4) is 0 Å². The van der Waals surface area contributed by atoms with E-state index in [2.05, 4.69) is 5.32 Å². The predicted molar refractivity (Wildman–Crippen MR) is 138 cm³/mol. The maximum Gasteiger partial charge on any atom is 0.244 e. The number of nitrogens with zero attached hydrogens (tertiary/aromatic N) is 2. The topological polar surface area (TPSA) is 86.8 Å². The summed E-state index contributed by atoms with van der Waals surface area (Å²) in [6, 6.07) is 10.2. The Kier molecular flexibility index (Phi) is 10.1. The van der Waals surface area contributed by atoms with E-state index in [1.165, 1.54) is 23.1 Å². The fraction of sp³-hybridized carbons (Fsp3) is 0.391. The number of halogens is 3. The average Bonchev–Trinajstić information content (AvgIpc) is 2.76. The van der Waals surface area contributed by atoms with Crippen molar-refractivity contribution in [2.45, 2.75) is 45.8 Å². The molecule has 186 valence electrons. The van der Waals surface area contributed by atoms with E-state index in [1.54, 1.807) is 31.2 Å². The van der Waals surface area contributed by atoms with Crippen molar-refractivity contribution in [3.63, 3.8) is 0 Å². The third-order valence-electron chi connectivity index (χ3n) is 5.29. The van der Waals surface area contributed by atoms with Gasteiger partial charge in [0.25, 0.3) is 0 Å². The quantitative estimate of drug-likeness (QED) is 0.464. The van der Waals surface area contributed by atoms with Crippen LogP contribution in [-0.2, 0) is 26.2 Å². The second-order valence-corrected chi connectivity index (χ2v) is 11.2. The van der Waals surface area contributed by atoms with Crippen molar-refractivity contribution in [2.75, 3.05) is 17.1 Å². The molecule has 0 unspecified atom stereocenters. The van der Waals surface area contributed by atoms with Crippen LogP contribution < -0.4 is 9.62 Å². The van der Waals surface area contributed by atoms with Crippen molar-refractivity contribution in [3.05, 3.63) is 63.1 Å². The Bertz CT molecular complexity index is 1130. The molecular formula is C23H28Cl3N3O4S. The third kappa shape index (κ3) is 7.77. The molecule has 0 aliphatic carbocycles. The van der Waals surface area contributed by atoms with Crippen LogP contribution in [0.1, 0.15) is 32.8 Å². The minimum absolute atomic E-state index is 0.0804. The van der Waals surface area contributed by atoms with Crippen LogP contribution in [0.2, 0.25) is 15.1 Å². The highest BCUT2D eigenvalue weighted by atomic mass is 35.5. The Morgan fingerprint density at radius 1 is 1.00 bits per heavy atom. The summed E-state index contributed by atoms with van der Waals surface area (Å²) in [6.45, 7) is 4.94. The summed E-state index contributed by atoms with van der Waals surface area (Å²) in [4.78, 5) is 27.7. The number of nitrogens with one attached hydrogen (secondary N) is 1. The summed E-state index contributed by atoms with van der Waals surface area (Å²) in [5.41, 5.74) is 0.849. The molecule has 0 spiro atoms. The van der Waals surface area contributed by atoms with Gasteiger partial charge in [-0.2, -0.15) is 0 Å². The molecule has 0 aliphatic heterocycles. The van der Waals surface area contributed by atoms with Crippen LogP contribution in [0.5, 0.6) is 0 Å². The van der Waals surface area contributed by atoms with Crippen molar-refractivity contribution < 1.29 is 18.0 Å². The molecule has 2 atom stereocenters. The Labute approximate surface area is 216 Å². The van der Waals surface area contributed by atoms with Gasteiger partial charge in [0.15, 0.2) is 0 Å². The summed E-state index contributed by atoms with van der Waals surface area (Å²) in [5, 5.41) is 3.81. The van der Waals surface area contributed by atoms with E-state index in [4.69, 9.17) is 34.8 Å². The molecule has 0 saturated heterocycles. The number of carbonyl (C=O) groups is 2. The lowest BCUT2D eigenvalue weighted by Gasteiger charge is -2.32. The van der Waals surface area contributed by atoms with Crippen LogP contribution in [-0.4, -0.2) is 50.0 Å². The van der Waals surface area contributed by atoms with Gasteiger partial charge in [-0.25, -0.2) is 8.42 Å². The van der Waals surface area contributed by atoms with Gasteiger partial charge < -0.3 is 10.2 Å². The maximum atomic E-state index is 13.5. The smallest absolute Gasteiger partial charge is 0.244 e. The summed E-state index contributed by atoms with van der Waals surface area (Å²) in [5.74, 6) is -0.912. The highest BCUT2D eigenvalue weighted by Gasteiger charge is 2.31. The standard InChI is InChI=1S/C23H28Cl3N3O4S/c1-5-15(2)27-23(31)16(3)28(13-17-6-8-18(24)9-7-17)22(30)14-29(34(4,32)33)21-11-10-19(25)12-20(21)26/h6-12,15-16H,5,13-14H2,1-4H3,(H,27,31)/t15-,16+/m0/s1. The SMILES string of the molecule is CC[C@H](C)NC(=O)[C@@H](C)N(Cc1ccc(Cl)cc1)C(=O)CN(c1ccc(Cl)cc1Cl)S(C)(=O)=O. The lowest BCUT2D eigenvalue weighted by Crippen LogP contribution is -2.52. The Morgan fingerprint density at radius 3 is 2.12 bits per heavy atom. The van der Waals surface area contributed by atoms with Crippen LogP contribution >= 0.6 is 34.8 Å². The zero-order valence-electron chi connectivity index (χ0n) is 19.4. The van der Waals surface area contributed by atoms with Crippen LogP contribution in [0.25, 0.3) is 0 Å². The van der Waals surface area contributed by atoms with Crippen LogP contribution in [0, 0.1) is 0 Å². The number of rotatable bonds is 10. The zero-order chi connectivity index (χ0) is 25.6. The van der Waals surface area contributed by atoms with E-state index in [0.717, 1.165) is 22.5 Å². The fourth-order valence-corrected chi connectivity index (χ4v) is 4.66. The van der Waals surface area contributed by atoms with Gasteiger partial charge in [-0.1, -0.05) is 53.9 Å². The maximum absolute atomic E-state index is 13.5. The minimum Gasteiger partial charge on any atom is -0.352 e. The highest BCUT2D eigenvalue weighted by Crippen LogP contribution is 2.30. The molecule has 7 nitrogen and oxygen atoms in total. The van der Waals surface area contributed by atoms with Gasteiger partial charge in [-0.15, -0.1) is 0 Å². The molecule has 0 heterocycles. The lowest BCUT2D eigenvalue weighted by atomic mass is 10.1. The first-order valence-electron chi connectivity index (χ1n) is 10.6. The summed E-state index contributed by atoms with van der Waals surface area (Å²) >= 11 is 18.1. The van der Waals surface area contributed by atoms with Crippen molar-refractivity contribution >= 4 is 62.3 Å². The molecule has 0 aromatic heterocycles. The first kappa shape index (κ1) is 28.2. The van der Waals surface area contributed by atoms with Gasteiger partial charge in [0.1, 0.15) is 12.6 Å². The number of carbonyl (C=O) groups excluding carboxylic acids is 2. The van der Waals surface area contributed by atoms with E-state index in [9.17, 15) is 18.0 Å². The summed E-state index contributed by atoms with van der Waals surface area (Å²) in [6.07, 6.45) is 1.70. The van der Waals surface area contributed by atoms with Gasteiger partial charge in [-0.3, -0.25) is 13.9 Å². The third-order valence-corrected chi connectivity index (χ3v) is 7.21. The van der Waals surface area contributed by atoms with Crippen LogP contribution in [0.15, 0.2) is 42.5 Å². The minimum atomic E-state index is -3.89. The predicted octanol–water partition coefficient (Wildman–Crippen LogP) is 4.74. The lowest BCUT2D eigenvalue weighted by molar-refractivity contribution is -0.139. The summed E-state index contributed by atoms with van der Waals surface area (Å²) < 4.78 is 26.1. The number of hydrogen-bond acceptors (Lipinski definition) is 4. The molecular weight excluding hydrogens is 521 g/mol. The highest BCUT2D eigenvalue weighted by molar-refractivity contribution is 7.92. The molecule has 2 aromatic carbocycles. The molecule has 0 saturated carbocycles. The molecule has 2 aromatic rings. The molecule has 11 heteroatoms. The van der Waals surface area contributed by atoms with Gasteiger partial charge in [-0.05, 0) is 56.2 Å². The first-order chi connectivity index (χ1) is 15.8. The van der Waals surface area contributed by atoms with E-state index >= 15 is 0 Å². The molecule has 0 aliphatic rings. The largest absolute Gasteiger partial charge is 0.352 e. The van der Waals surface area contributed by atoms with E-state index < -0.39 is 28.5 Å². The zero-order valence-corrected chi connectivity index (χ0v) is 22.5. The molecule has 2 amide bonds. The summed E-state index contributed by atoms with van der Waals surface area (Å²) in [7, 11) is -3.89. The second kappa shape index (κ2) is 12.1. The Hall–Kier alpha value is -2.00. The Morgan fingerprint density at radius 2 is 1.59 bits per heavy atom. The number of amides is 2.